The van der Waals surface area contributed by atoms with E-state index in [0.717, 1.165) is 16.3 Å². The normalized spacial score (nSPS) is 10.3. The summed E-state index contributed by atoms with van der Waals surface area (Å²) in [5.41, 5.74) is 1.56. The average Bonchev–Trinajstić information content (AvgIpc) is 2.51. The number of nitrogens with zero attached hydrogens (tertiary/aromatic N) is 1. The maximum absolute atomic E-state index is 9.19. The fourth-order valence-corrected chi connectivity index (χ4v) is 2.48. The van der Waals surface area contributed by atoms with Crippen molar-refractivity contribution in [3.63, 3.8) is 0 Å². The van der Waals surface area contributed by atoms with Gasteiger partial charge in [0.15, 0.2) is 0 Å². The first kappa shape index (κ1) is 13.5. The van der Waals surface area contributed by atoms with Crippen LogP contribution in [0.5, 0.6) is 11.5 Å². The summed E-state index contributed by atoms with van der Waals surface area (Å²) in [4.78, 5) is 0. The Labute approximate surface area is 128 Å². The molecule has 21 heavy (non-hydrogen) atoms. The van der Waals surface area contributed by atoms with E-state index in [1.54, 1.807) is 12.1 Å². The minimum Gasteiger partial charge on any atom is -0.455 e. The molecule has 0 amide bonds. The molecular weight excluding hydrogens is 282 g/mol. The molecule has 0 radical (unpaired) electrons. The molecule has 3 aromatic carbocycles. The van der Waals surface area contributed by atoms with Gasteiger partial charge in [-0.1, -0.05) is 41.9 Å². The molecule has 0 aromatic heterocycles. The predicted molar refractivity (Wildman–Crippen MR) is 84.9 cm³/mol. The van der Waals surface area contributed by atoms with Gasteiger partial charge >= 0.3 is 0 Å². The van der Waals surface area contributed by atoms with Crippen molar-refractivity contribution in [2.75, 3.05) is 0 Å². The van der Waals surface area contributed by atoms with Gasteiger partial charge in [-0.05, 0) is 36.8 Å². The molecule has 3 aromatic rings. The molecule has 0 fully saturated rings. The van der Waals surface area contributed by atoms with Gasteiger partial charge in [-0.3, -0.25) is 0 Å². The number of hydrogen-bond acceptors (Lipinski definition) is 2. The molecule has 0 atom stereocenters. The summed E-state index contributed by atoms with van der Waals surface area (Å²) >= 11 is 6.21. The molecular formula is C18H12ClNO. The van der Waals surface area contributed by atoms with Crippen molar-refractivity contribution in [3.05, 3.63) is 70.7 Å². The fourth-order valence-electron chi connectivity index (χ4n) is 2.25. The van der Waals surface area contributed by atoms with Gasteiger partial charge in [0.25, 0.3) is 0 Å². The molecule has 0 aliphatic heterocycles. The van der Waals surface area contributed by atoms with Crippen LogP contribution in [0.25, 0.3) is 10.8 Å². The zero-order valence-electron chi connectivity index (χ0n) is 11.4. The Kier molecular flexibility index (Phi) is 3.51. The lowest BCUT2D eigenvalue weighted by Crippen LogP contribution is -1.90. The Morgan fingerprint density at radius 1 is 0.952 bits per heavy atom. The molecule has 3 rings (SSSR count). The lowest BCUT2D eigenvalue weighted by atomic mass is 10.1. The molecule has 0 saturated carbocycles. The van der Waals surface area contributed by atoms with E-state index in [-0.39, 0.29) is 0 Å². The van der Waals surface area contributed by atoms with E-state index in [1.165, 1.54) is 0 Å². The van der Waals surface area contributed by atoms with Gasteiger partial charge < -0.3 is 4.74 Å². The number of nitriles is 1. The van der Waals surface area contributed by atoms with E-state index in [1.807, 2.05) is 49.4 Å². The highest BCUT2D eigenvalue weighted by Gasteiger charge is 2.09. The number of aryl methyl sites for hydroxylation is 1. The Morgan fingerprint density at radius 3 is 2.48 bits per heavy atom. The number of fused-ring (bicyclic) bond motifs is 1. The molecule has 0 aliphatic carbocycles. The molecule has 0 spiro atoms. The summed E-state index contributed by atoms with van der Waals surface area (Å²) in [6.45, 7) is 1.97. The zero-order chi connectivity index (χ0) is 14.8. The number of halogens is 1. The lowest BCUT2D eigenvalue weighted by Gasteiger charge is -2.11. The topological polar surface area (TPSA) is 33.0 Å². The van der Waals surface area contributed by atoms with E-state index in [0.29, 0.717) is 22.1 Å². The summed E-state index contributed by atoms with van der Waals surface area (Å²) in [5, 5.41) is 11.7. The average molecular weight is 294 g/mol. The Hall–Kier alpha value is -2.50. The first-order chi connectivity index (χ1) is 10.2. The molecule has 2 nitrogen and oxygen atoms in total. The first-order valence-electron chi connectivity index (χ1n) is 6.55. The number of ether oxygens (including phenoxy) is 1. The quantitative estimate of drug-likeness (QED) is 0.628. The number of hydrogen-bond donors (Lipinski definition) is 0. The van der Waals surface area contributed by atoms with Gasteiger partial charge in [0.05, 0.1) is 5.56 Å². The van der Waals surface area contributed by atoms with Crippen molar-refractivity contribution in [2.24, 2.45) is 0 Å². The van der Waals surface area contributed by atoms with Crippen molar-refractivity contribution in [1.82, 2.24) is 0 Å². The van der Waals surface area contributed by atoms with Crippen LogP contribution in [-0.4, -0.2) is 0 Å². The molecule has 0 saturated heterocycles. The molecule has 0 N–H and O–H groups in total. The molecule has 0 heterocycles. The maximum atomic E-state index is 9.19. The van der Waals surface area contributed by atoms with E-state index in [4.69, 9.17) is 16.3 Å². The van der Waals surface area contributed by atoms with Gasteiger partial charge in [-0.2, -0.15) is 5.26 Å². The summed E-state index contributed by atoms with van der Waals surface area (Å²) in [7, 11) is 0. The standard InChI is InChI=1S/C18H12ClNO/c1-12-6-7-13(11-20)18(10-12)21-17-9-8-16(19)14-4-2-3-5-15(14)17/h2-10H,1H3. The highest BCUT2D eigenvalue weighted by atomic mass is 35.5. The van der Waals surface area contributed by atoms with Crippen LogP contribution in [0.15, 0.2) is 54.6 Å². The van der Waals surface area contributed by atoms with Crippen LogP contribution in [0.2, 0.25) is 5.02 Å². The highest BCUT2D eigenvalue weighted by molar-refractivity contribution is 6.35. The van der Waals surface area contributed by atoms with Crippen molar-refractivity contribution < 1.29 is 4.74 Å². The van der Waals surface area contributed by atoms with Crippen molar-refractivity contribution in [2.45, 2.75) is 6.92 Å². The van der Waals surface area contributed by atoms with Crippen molar-refractivity contribution in [3.8, 4) is 17.6 Å². The first-order valence-corrected chi connectivity index (χ1v) is 6.92. The highest BCUT2D eigenvalue weighted by Crippen LogP contribution is 2.35. The third kappa shape index (κ3) is 2.56. The Balaban J connectivity index is 2.13. The van der Waals surface area contributed by atoms with Crippen LogP contribution in [-0.2, 0) is 0 Å². The second kappa shape index (κ2) is 5.47. The van der Waals surface area contributed by atoms with Crippen molar-refractivity contribution >= 4 is 22.4 Å². The predicted octanol–water partition coefficient (Wildman–Crippen LogP) is 5.47. The zero-order valence-corrected chi connectivity index (χ0v) is 12.2. The lowest BCUT2D eigenvalue weighted by molar-refractivity contribution is 0.486. The minimum atomic E-state index is 0.514. The van der Waals surface area contributed by atoms with E-state index in [9.17, 15) is 5.26 Å². The molecule has 3 heteroatoms. The van der Waals surface area contributed by atoms with Crippen LogP contribution in [0.1, 0.15) is 11.1 Å². The van der Waals surface area contributed by atoms with Gasteiger partial charge in [-0.15, -0.1) is 0 Å². The summed E-state index contributed by atoms with van der Waals surface area (Å²) in [6, 6.07) is 19.1. The summed E-state index contributed by atoms with van der Waals surface area (Å²) < 4.78 is 5.97. The second-order valence-corrected chi connectivity index (χ2v) is 5.21. The monoisotopic (exact) mass is 293 g/mol. The second-order valence-electron chi connectivity index (χ2n) is 4.80. The van der Waals surface area contributed by atoms with E-state index < -0.39 is 0 Å². The number of benzene rings is 3. The fraction of sp³-hybridized carbons (Fsp3) is 0.0556. The van der Waals surface area contributed by atoms with Crippen LogP contribution < -0.4 is 4.74 Å². The maximum Gasteiger partial charge on any atom is 0.145 e. The Bertz CT molecular complexity index is 865. The minimum absolute atomic E-state index is 0.514. The van der Waals surface area contributed by atoms with E-state index >= 15 is 0 Å². The van der Waals surface area contributed by atoms with Crippen LogP contribution in [0.4, 0.5) is 0 Å². The van der Waals surface area contributed by atoms with Crippen molar-refractivity contribution in [1.29, 1.82) is 5.26 Å². The summed E-state index contributed by atoms with van der Waals surface area (Å²) in [5.74, 6) is 1.25. The smallest absolute Gasteiger partial charge is 0.145 e. The van der Waals surface area contributed by atoms with Gasteiger partial charge in [0.1, 0.15) is 17.6 Å². The van der Waals surface area contributed by atoms with Crippen LogP contribution >= 0.6 is 11.6 Å². The van der Waals surface area contributed by atoms with Crippen LogP contribution in [0, 0.1) is 18.3 Å². The van der Waals surface area contributed by atoms with Crippen LogP contribution in [0.3, 0.4) is 0 Å². The molecule has 102 valence electrons. The number of rotatable bonds is 2. The third-order valence-corrected chi connectivity index (χ3v) is 3.64. The van der Waals surface area contributed by atoms with Gasteiger partial charge in [0, 0.05) is 15.8 Å². The Morgan fingerprint density at radius 2 is 1.71 bits per heavy atom. The van der Waals surface area contributed by atoms with Gasteiger partial charge in [-0.25, -0.2) is 0 Å². The van der Waals surface area contributed by atoms with Gasteiger partial charge in [0.2, 0.25) is 0 Å². The molecule has 0 aliphatic rings. The SMILES string of the molecule is Cc1ccc(C#N)c(Oc2ccc(Cl)c3ccccc23)c1. The third-order valence-electron chi connectivity index (χ3n) is 3.31. The summed E-state index contributed by atoms with van der Waals surface area (Å²) in [6.07, 6.45) is 0. The molecule has 0 bridgehead atoms. The largest absolute Gasteiger partial charge is 0.455 e. The molecule has 0 unspecified atom stereocenters. The van der Waals surface area contributed by atoms with E-state index in [2.05, 4.69) is 6.07 Å².